The molecule has 0 radical (unpaired) electrons. The lowest BCUT2D eigenvalue weighted by Crippen LogP contribution is -2.48. The first-order valence-electron chi connectivity index (χ1n) is 11.5. The fourth-order valence-corrected chi connectivity index (χ4v) is 5.01. The number of amides is 2. The van der Waals surface area contributed by atoms with Crippen LogP contribution in [0.3, 0.4) is 0 Å². The van der Waals surface area contributed by atoms with Crippen LogP contribution in [-0.4, -0.2) is 60.8 Å². The maximum absolute atomic E-state index is 14.1. The minimum atomic E-state index is -3.54. The molecule has 11 nitrogen and oxygen atoms in total. The summed E-state index contributed by atoms with van der Waals surface area (Å²) in [4.78, 5) is 30.0. The van der Waals surface area contributed by atoms with Gasteiger partial charge in [0.1, 0.15) is 16.9 Å². The molecule has 1 aliphatic carbocycles. The molecule has 1 saturated carbocycles. The number of rotatable bonds is 9. The molecule has 0 bridgehead atoms. The van der Waals surface area contributed by atoms with Gasteiger partial charge in [-0.2, -0.15) is 5.10 Å². The molecule has 2 aliphatic rings. The first-order valence-corrected chi connectivity index (χ1v) is 13.4. The maximum Gasteiger partial charge on any atom is 0.254 e. The van der Waals surface area contributed by atoms with E-state index in [9.17, 15) is 22.4 Å². The Morgan fingerprint density at radius 3 is 2.56 bits per heavy atom. The molecule has 2 aromatic rings. The molecule has 0 unspecified atom stereocenters. The fraction of sp³-hybridized carbons (Fsp3) is 0.478. The molecule has 0 atom stereocenters. The van der Waals surface area contributed by atoms with Crippen LogP contribution < -0.4 is 15.8 Å². The van der Waals surface area contributed by atoms with Crippen LogP contribution >= 0.6 is 0 Å². The van der Waals surface area contributed by atoms with Crippen molar-refractivity contribution in [3.05, 3.63) is 52.8 Å². The molecule has 1 aromatic carbocycles. The third kappa shape index (κ3) is 6.00. The summed E-state index contributed by atoms with van der Waals surface area (Å²) in [7, 11) is -3.54. The number of benzene rings is 1. The van der Waals surface area contributed by atoms with E-state index in [1.807, 2.05) is 0 Å². The Morgan fingerprint density at radius 2 is 1.97 bits per heavy atom. The van der Waals surface area contributed by atoms with Gasteiger partial charge in [-0.25, -0.2) is 19.4 Å². The van der Waals surface area contributed by atoms with Crippen LogP contribution in [0.1, 0.15) is 41.6 Å². The summed E-state index contributed by atoms with van der Waals surface area (Å²) >= 11 is 0. The molecule has 192 valence electrons. The van der Waals surface area contributed by atoms with E-state index >= 15 is 0 Å². The molecule has 36 heavy (non-hydrogen) atoms. The van der Waals surface area contributed by atoms with Gasteiger partial charge in [0.25, 0.3) is 5.91 Å². The van der Waals surface area contributed by atoms with Crippen LogP contribution in [0, 0.1) is 18.3 Å². The van der Waals surface area contributed by atoms with Crippen LogP contribution in [0.4, 0.5) is 15.9 Å². The second-order valence-electron chi connectivity index (χ2n) is 9.50. The quantitative estimate of drug-likeness (QED) is 0.433. The van der Waals surface area contributed by atoms with Crippen molar-refractivity contribution in [3.8, 4) is 0 Å². The van der Waals surface area contributed by atoms with Crippen LogP contribution in [0.15, 0.2) is 24.4 Å². The zero-order chi connectivity index (χ0) is 26.1. The van der Waals surface area contributed by atoms with Crippen molar-refractivity contribution in [2.24, 2.45) is 11.7 Å². The molecular weight excluding hydrogens is 489 g/mol. The van der Waals surface area contributed by atoms with Gasteiger partial charge >= 0.3 is 0 Å². The number of sulfonamides is 1. The zero-order valence-electron chi connectivity index (χ0n) is 19.8. The van der Waals surface area contributed by atoms with Crippen molar-refractivity contribution in [3.63, 3.8) is 0 Å². The van der Waals surface area contributed by atoms with Crippen LogP contribution in [0.5, 0.6) is 0 Å². The summed E-state index contributed by atoms with van der Waals surface area (Å²) < 4.78 is 41.0. The fourth-order valence-electron chi connectivity index (χ4n) is 4.46. The highest BCUT2D eigenvalue weighted by atomic mass is 32.2. The molecule has 1 saturated heterocycles. The van der Waals surface area contributed by atoms with Crippen LogP contribution in [0.2, 0.25) is 0 Å². The first kappa shape index (κ1) is 25.6. The van der Waals surface area contributed by atoms with Gasteiger partial charge < -0.3 is 15.9 Å². The second kappa shape index (κ2) is 9.87. The molecule has 1 aliphatic heterocycles. The van der Waals surface area contributed by atoms with Crippen molar-refractivity contribution in [2.45, 2.75) is 37.8 Å². The van der Waals surface area contributed by atoms with Gasteiger partial charge in [-0.05, 0) is 49.4 Å². The second-order valence-corrected chi connectivity index (χ2v) is 11.3. The lowest BCUT2D eigenvalue weighted by atomic mass is 9.87. The molecule has 13 heteroatoms. The molecular formula is C23H28FN7O4S. The number of primary amides is 1. The average molecular weight is 518 g/mol. The smallest absolute Gasteiger partial charge is 0.254 e. The van der Waals surface area contributed by atoms with Crippen molar-refractivity contribution in [2.75, 3.05) is 35.9 Å². The van der Waals surface area contributed by atoms with Gasteiger partial charge in [0.2, 0.25) is 22.5 Å². The van der Waals surface area contributed by atoms with E-state index in [0.717, 1.165) is 25.2 Å². The number of nitrogens with two attached hydrogens (primary N) is 1. The molecule has 4 rings (SSSR count). The minimum Gasteiger partial charge on any atom is -0.365 e. The summed E-state index contributed by atoms with van der Waals surface area (Å²) in [5, 5.41) is 7.17. The highest BCUT2D eigenvalue weighted by Crippen LogP contribution is 2.34. The molecule has 0 spiro atoms. The highest BCUT2D eigenvalue weighted by molar-refractivity contribution is 7.92. The molecule has 2 fully saturated rings. The Balaban J connectivity index is 1.50. The molecule has 4 N–H and O–H groups in total. The standard InChI is InChI=1S/C23H28FN7O4S/c1-26-14-23(31-13-19(20(25)32)21(28-31)27-22(33)16-3-4-16)5-7-30(8-6-23)12-15-9-17(24)11-18(10-15)29-36(2,34)35/h9-11,13,16,29H,3-8,12,14H2,2H3,(H2,25,32)(H,27,28,33). The molecule has 2 heterocycles. The molecule has 2 amide bonds. The number of aromatic nitrogens is 2. The van der Waals surface area contributed by atoms with E-state index in [0.29, 0.717) is 38.0 Å². The summed E-state index contributed by atoms with van der Waals surface area (Å²) in [6.45, 7) is 9.11. The number of halogens is 1. The van der Waals surface area contributed by atoms with E-state index in [2.05, 4.69) is 24.9 Å². The Labute approximate surface area is 208 Å². The SMILES string of the molecule is [C-]#[N+]CC1(n2cc(C(N)=O)c(NC(=O)C3CC3)n2)CCN(Cc2cc(F)cc(NS(C)(=O)=O)c2)CC1. The van der Waals surface area contributed by atoms with Gasteiger partial charge in [0.15, 0.2) is 5.82 Å². The van der Waals surface area contributed by atoms with E-state index in [1.54, 1.807) is 10.7 Å². The van der Waals surface area contributed by atoms with Gasteiger partial charge in [-0.15, -0.1) is 0 Å². The Hall–Kier alpha value is -3.50. The number of carbonyl (C=O) groups is 2. The van der Waals surface area contributed by atoms with Crippen LogP contribution in [0.25, 0.3) is 4.85 Å². The lowest BCUT2D eigenvalue weighted by Gasteiger charge is -2.38. The van der Waals surface area contributed by atoms with Gasteiger partial charge in [-0.1, -0.05) is 0 Å². The Bertz CT molecular complexity index is 1320. The number of hydrogen-bond donors (Lipinski definition) is 3. The van der Waals surface area contributed by atoms with Gasteiger partial charge in [-0.3, -0.25) is 23.9 Å². The van der Waals surface area contributed by atoms with Crippen LogP contribution in [-0.2, 0) is 26.9 Å². The predicted octanol–water partition coefficient (Wildman–Crippen LogP) is 1.75. The van der Waals surface area contributed by atoms with Crippen molar-refractivity contribution in [1.82, 2.24) is 14.7 Å². The predicted molar refractivity (Wildman–Crippen MR) is 131 cm³/mol. The monoisotopic (exact) mass is 517 g/mol. The summed E-state index contributed by atoms with van der Waals surface area (Å²) in [6, 6.07) is 4.07. The maximum atomic E-state index is 14.1. The summed E-state index contributed by atoms with van der Waals surface area (Å²) in [5.74, 6) is -1.43. The molecule has 1 aromatic heterocycles. The highest BCUT2D eigenvalue weighted by Gasteiger charge is 2.41. The van der Waals surface area contributed by atoms with E-state index in [4.69, 9.17) is 12.3 Å². The first-order chi connectivity index (χ1) is 17.0. The Morgan fingerprint density at radius 1 is 1.28 bits per heavy atom. The number of nitrogens with one attached hydrogen (secondary N) is 2. The topological polar surface area (TPSA) is 144 Å². The number of carbonyl (C=O) groups excluding carboxylic acids is 2. The number of piperidine rings is 1. The third-order valence-electron chi connectivity index (χ3n) is 6.48. The number of hydrogen-bond acceptors (Lipinski definition) is 6. The van der Waals surface area contributed by atoms with Crippen molar-refractivity contribution >= 4 is 33.3 Å². The number of nitrogens with zero attached hydrogens (tertiary/aromatic N) is 4. The lowest BCUT2D eigenvalue weighted by molar-refractivity contribution is -0.117. The van der Waals surface area contributed by atoms with Gasteiger partial charge in [0, 0.05) is 31.7 Å². The number of anilines is 2. The zero-order valence-corrected chi connectivity index (χ0v) is 20.6. The van der Waals surface area contributed by atoms with Gasteiger partial charge in [0.05, 0.1) is 11.9 Å². The van der Waals surface area contributed by atoms with Crippen molar-refractivity contribution < 1.29 is 22.4 Å². The van der Waals surface area contributed by atoms with Crippen molar-refractivity contribution in [1.29, 1.82) is 0 Å². The van der Waals surface area contributed by atoms with E-state index < -0.39 is 27.3 Å². The Kier molecular flexibility index (Phi) is 7.01. The number of likely N-dealkylation sites (tertiary alicyclic amines) is 1. The minimum absolute atomic E-state index is 0.0766. The summed E-state index contributed by atoms with van der Waals surface area (Å²) in [6.07, 6.45) is 5.15. The largest absolute Gasteiger partial charge is 0.365 e. The average Bonchev–Trinajstić information content (AvgIpc) is 3.54. The summed E-state index contributed by atoms with van der Waals surface area (Å²) in [5.41, 5.74) is 5.69. The van der Waals surface area contributed by atoms with E-state index in [-0.39, 0.29) is 35.4 Å². The normalized spacial score (nSPS) is 17.8. The third-order valence-corrected chi connectivity index (χ3v) is 7.09. The van der Waals surface area contributed by atoms with E-state index in [1.165, 1.54) is 12.3 Å².